The molecule has 8 heteroatoms. The fraction of sp³-hybridized carbons (Fsp3) is 0.778. The second-order valence-electron chi connectivity index (χ2n) is 3.65. The van der Waals surface area contributed by atoms with Crippen molar-refractivity contribution in [3.05, 3.63) is 4.77 Å². The van der Waals surface area contributed by atoms with Crippen molar-refractivity contribution < 1.29 is 4.74 Å². The molecular formula is C9H20N6OS. The van der Waals surface area contributed by atoms with E-state index >= 15 is 0 Å². The number of rotatable bonds is 3. The Morgan fingerprint density at radius 3 is 2.47 bits per heavy atom. The number of nitrogens with one attached hydrogen (secondary N) is 2. The summed E-state index contributed by atoms with van der Waals surface area (Å²) in [6, 6.07) is 0. The number of nitrogens with zero attached hydrogens (tertiary/aromatic N) is 2. The third-order valence-corrected chi connectivity index (χ3v) is 2.50. The van der Waals surface area contributed by atoms with Gasteiger partial charge in [-0.1, -0.05) is 0 Å². The summed E-state index contributed by atoms with van der Waals surface area (Å²) in [5.74, 6) is 0.324. The summed E-state index contributed by atoms with van der Waals surface area (Å²) in [6.07, 6.45) is 1.11. The van der Waals surface area contributed by atoms with Crippen LogP contribution in [0, 0.1) is 4.77 Å². The standard InChI is InChI=1S/C7H16N2O.C2H4N4S/c8-2-1-3-9-4-6-10-7-5-9;3-1-4-2(7)6-5-1/h1-8H2;(H4,3,4,5,6,7). The van der Waals surface area contributed by atoms with E-state index in [0.717, 1.165) is 45.8 Å². The highest BCUT2D eigenvalue weighted by Crippen LogP contribution is 1.96. The van der Waals surface area contributed by atoms with E-state index in [-0.39, 0.29) is 0 Å². The highest BCUT2D eigenvalue weighted by molar-refractivity contribution is 7.71. The Balaban J connectivity index is 0.000000181. The van der Waals surface area contributed by atoms with Gasteiger partial charge in [-0.2, -0.15) is 4.98 Å². The maximum atomic E-state index is 5.39. The Kier molecular flexibility index (Phi) is 6.78. The number of ether oxygens (including phenoxy) is 1. The third kappa shape index (κ3) is 6.37. The fourth-order valence-corrected chi connectivity index (χ4v) is 1.57. The molecule has 0 bridgehead atoms. The molecule has 0 atom stereocenters. The van der Waals surface area contributed by atoms with Crippen molar-refractivity contribution in [2.75, 3.05) is 45.1 Å². The lowest BCUT2D eigenvalue weighted by Gasteiger charge is -2.26. The molecule has 2 rings (SSSR count). The molecular weight excluding hydrogens is 240 g/mol. The van der Waals surface area contributed by atoms with Crippen molar-refractivity contribution in [3.63, 3.8) is 0 Å². The number of anilines is 1. The molecule has 2 heterocycles. The van der Waals surface area contributed by atoms with Crippen LogP contribution < -0.4 is 11.5 Å². The Labute approximate surface area is 106 Å². The van der Waals surface area contributed by atoms with E-state index in [2.05, 4.69) is 32.3 Å². The van der Waals surface area contributed by atoms with Gasteiger partial charge in [-0.3, -0.25) is 15.1 Å². The van der Waals surface area contributed by atoms with E-state index in [1.807, 2.05) is 0 Å². The van der Waals surface area contributed by atoms with Crippen LogP contribution in [0.15, 0.2) is 0 Å². The van der Waals surface area contributed by atoms with Crippen molar-refractivity contribution in [2.24, 2.45) is 5.73 Å². The van der Waals surface area contributed by atoms with Gasteiger partial charge in [-0.15, -0.1) is 0 Å². The minimum absolute atomic E-state index is 0.324. The number of hydrogen-bond acceptors (Lipinski definition) is 6. The molecule has 17 heavy (non-hydrogen) atoms. The van der Waals surface area contributed by atoms with Gasteiger partial charge in [0.2, 0.25) is 10.7 Å². The van der Waals surface area contributed by atoms with Gasteiger partial charge in [0.25, 0.3) is 0 Å². The number of H-pyrrole nitrogens is 2. The van der Waals surface area contributed by atoms with Gasteiger partial charge in [-0.25, -0.2) is 0 Å². The molecule has 98 valence electrons. The average Bonchev–Trinajstić information content (AvgIpc) is 2.73. The minimum atomic E-state index is 0.324. The van der Waals surface area contributed by atoms with Gasteiger partial charge in [0.1, 0.15) is 0 Å². The van der Waals surface area contributed by atoms with Gasteiger partial charge >= 0.3 is 0 Å². The molecule has 1 aliphatic heterocycles. The lowest BCUT2D eigenvalue weighted by molar-refractivity contribution is 0.0377. The largest absolute Gasteiger partial charge is 0.379 e. The topological polar surface area (TPSA) is 109 Å². The molecule has 0 aliphatic carbocycles. The van der Waals surface area contributed by atoms with Crippen LogP contribution in [-0.4, -0.2) is 59.5 Å². The summed E-state index contributed by atoms with van der Waals surface area (Å²) in [5.41, 5.74) is 10.5. The highest BCUT2D eigenvalue weighted by atomic mass is 32.1. The SMILES string of the molecule is NCCCN1CCOCC1.Nc1nc(=S)[nH][nH]1. The predicted molar refractivity (Wildman–Crippen MR) is 69.1 cm³/mol. The zero-order valence-corrected chi connectivity index (χ0v) is 10.6. The Bertz CT molecular complexity index is 345. The van der Waals surface area contributed by atoms with Gasteiger partial charge in [0.05, 0.1) is 13.2 Å². The van der Waals surface area contributed by atoms with E-state index in [1.165, 1.54) is 0 Å². The lowest BCUT2D eigenvalue weighted by Crippen LogP contribution is -2.37. The summed E-state index contributed by atoms with van der Waals surface area (Å²) in [7, 11) is 0. The van der Waals surface area contributed by atoms with E-state index in [1.54, 1.807) is 0 Å². The van der Waals surface area contributed by atoms with Crippen LogP contribution in [-0.2, 0) is 4.74 Å². The zero-order valence-electron chi connectivity index (χ0n) is 9.82. The van der Waals surface area contributed by atoms with Crippen LogP contribution in [0.4, 0.5) is 5.95 Å². The quantitative estimate of drug-likeness (QED) is 0.556. The zero-order chi connectivity index (χ0) is 12.5. The van der Waals surface area contributed by atoms with E-state index in [4.69, 9.17) is 16.2 Å². The average molecular weight is 260 g/mol. The predicted octanol–water partition coefficient (Wildman–Crippen LogP) is -0.283. The summed E-state index contributed by atoms with van der Waals surface area (Å²) >= 11 is 4.55. The molecule has 1 aromatic heterocycles. The van der Waals surface area contributed by atoms with Gasteiger partial charge in [0.15, 0.2) is 0 Å². The molecule has 0 saturated carbocycles. The lowest BCUT2D eigenvalue weighted by atomic mass is 10.3. The highest BCUT2D eigenvalue weighted by Gasteiger charge is 2.07. The van der Waals surface area contributed by atoms with Crippen molar-refractivity contribution in [3.8, 4) is 0 Å². The Morgan fingerprint density at radius 2 is 2.06 bits per heavy atom. The number of nitrogen functional groups attached to an aromatic ring is 1. The number of aromatic nitrogens is 3. The molecule has 0 amide bonds. The summed E-state index contributed by atoms with van der Waals surface area (Å²) < 4.78 is 5.59. The second kappa shape index (κ2) is 8.18. The molecule has 1 aliphatic rings. The summed E-state index contributed by atoms with van der Waals surface area (Å²) in [6.45, 7) is 5.90. The van der Waals surface area contributed by atoms with Crippen LogP contribution >= 0.6 is 12.2 Å². The van der Waals surface area contributed by atoms with Crippen molar-refractivity contribution in [1.82, 2.24) is 20.1 Å². The smallest absolute Gasteiger partial charge is 0.215 e. The Morgan fingerprint density at radius 1 is 1.35 bits per heavy atom. The maximum absolute atomic E-state index is 5.39. The molecule has 0 spiro atoms. The van der Waals surface area contributed by atoms with Crippen molar-refractivity contribution >= 4 is 18.2 Å². The van der Waals surface area contributed by atoms with Crippen molar-refractivity contribution in [1.29, 1.82) is 0 Å². The van der Waals surface area contributed by atoms with Crippen molar-refractivity contribution in [2.45, 2.75) is 6.42 Å². The molecule has 0 aromatic carbocycles. The monoisotopic (exact) mass is 260 g/mol. The number of morpholine rings is 1. The van der Waals surface area contributed by atoms with E-state index in [0.29, 0.717) is 10.7 Å². The summed E-state index contributed by atoms with van der Waals surface area (Å²) in [5, 5.41) is 5.03. The molecule has 0 unspecified atom stereocenters. The minimum Gasteiger partial charge on any atom is -0.379 e. The molecule has 0 radical (unpaired) electrons. The third-order valence-electron chi connectivity index (χ3n) is 2.30. The normalized spacial score (nSPS) is 16.3. The number of aromatic amines is 2. The Hall–Kier alpha value is -0.960. The summed E-state index contributed by atoms with van der Waals surface area (Å²) in [4.78, 5) is 5.99. The molecule has 7 nitrogen and oxygen atoms in total. The van der Waals surface area contributed by atoms with Crippen LogP contribution in [0.5, 0.6) is 0 Å². The van der Waals surface area contributed by atoms with Gasteiger partial charge < -0.3 is 16.2 Å². The fourth-order valence-electron chi connectivity index (χ4n) is 1.42. The van der Waals surface area contributed by atoms with Gasteiger partial charge in [-0.05, 0) is 31.7 Å². The number of nitrogens with two attached hydrogens (primary N) is 2. The molecule has 1 aromatic rings. The molecule has 1 saturated heterocycles. The second-order valence-corrected chi connectivity index (χ2v) is 4.04. The van der Waals surface area contributed by atoms with Crippen LogP contribution in [0.25, 0.3) is 0 Å². The molecule has 1 fully saturated rings. The first-order valence-electron chi connectivity index (χ1n) is 5.62. The first kappa shape index (κ1) is 14.1. The number of hydrogen-bond donors (Lipinski definition) is 4. The first-order valence-corrected chi connectivity index (χ1v) is 6.03. The van der Waals surface area contributed by atoms with E-state index < -0.39 is 0 Å². The molecule has 6 N–H and O–H groups in total. The van der Waals surface area contributed by atoms with Crippen LogP contribution in [0.1, 0.15) is 6.42 Å². The van der Waals surface area contributed by atoms with E-state index in [9.17, 15) is 0 Å². The first-order chi connectivity index (χ1) is 8.22. The van der Waals surface area contributed by atoms with Gasteiger partial charge in [0, 0.05) is 13.1 Å². The maximum Gasteiger partial charge on any atom is 0.215 e. The van der Waals surface area contributed by atoms with Crippen LogP contribution in [0.2, 0.25) is 0 Å². The van der Waals surface area contributed by atoms with Crippen LogP contribution in [0.3, 0.4) is 0 Å².